The summed E-state index contributed by atoms with van der Waals surface area (Å²) in [7, 11) is 1.97. The molecular formula is C13H20N4O2. The van der Waals surface area contributed by atoms with E-state index >= 15 is 0 Å². The first-order chi connectivity index (χ1) is 9.20. The van der Waals surface area contributed by atoms with Gasteiger partial charge in [-0.05, 0) is 38.8 Å². The molecule has 1 aromatic rings. The van der Waals surface area contributed by atoms with Crippen molar-refractivity contribution in [2.45, 2.75) is 19.3 Å². The zero-order chi connectivity index (χ0) is 13.7. The number of rotatable bonds is 5. The van der Waals surface area contributed by atoms with Gasteiger partial charge >= 0.3 is 0 Å². The molecule has 0 amide bonds. The van der Waals surface area contributed by atoms with Gasteiger partial charge in [0.15, 0.2) is 0 Å². The highest BCUT2D eigenvalue weighted by Crippen LogP contribution is 2.25. The van der Waals surface area contributed by atoms with Crippen molar-refractivity contribution in [1.82, 2.24) is 10.3 Å². The summed E-state index contributed by atoms with van der Waals surface area (Å²) in [6.45, 7) is 2.92. The minimum atomic E-state index is -0.370. The molecule has 0 aliphatic carbocycles. The fourth-order valence-corrected chi connectivity index (χ4v) is 2.49. The van der Waals surface area contributed by atoms with Crippen molar-refractivity contribution in [3.05, 3.63) is 28.4 Å². The van der Waals surface area contributed by atoms with E-state index in [2.05, 4.69) is 15.2 Å². The smallest absolute Gasteiger partial charge is 0.274 e. The van der Waals surface area contributed by atoms with Gasteiger partial charge in [0.1, 0.15) is 5.82 Å². The standard InChI is InChI=1S/C13H20N4O2/c1-14-6-2-11-4-8-16(9-5-11)13-10-12(17(18)19)3-7-15-13/h3,7,10-11,14H,2,4-6,8-9H2,1H3. The van der Waals surface area contributed by atoms with Gasteiger partial charge in [-0.1, -0.05) is 0 Å². The van der Waals surface area contributed by atoms with Crippen LogP contribution in [0.3, 0.4) is 0 Å². The maximum Gasteiger partial charge on any atom is 0.274 e. The summed E-state index contributed by atoms with van der Waals surface area (Å²) < 4.78 is 0. The van der Waals surface area contributed by atoms with Gasteiger partial charge in [0.25, 0.3) is 5.69 Å². The molecule has 0 spiro atoms. The topological polar surface area (TPSA) is 71.3 Å². The molecule has 1 aliphatic rings. The summed E-state index contributed by atoms with van der Waals surface area (Å²) >= 11 is 0. The summed E-state index contributed by atoms with van der Waals surface area (Å²) in [6, 6.07) is 3.00. The number of hydrogen-bond acceptors (Lipinski definition) is 5. The Kier molecular flexibility index (Phi) is 4.68. The van der Waals surface area contributed by atoms with Crippen LogP contribution >= 0.6 is 0 Å². The van der Waals surface area contributed by atoms with E-state index in [0.29, 0.717) is 0 Å². The number of anilines is 1. The van der Waals surface area contributed by atoms with Crippen LogP contribution in [0.2, 0.25) is 0 Å². The second-order valence-electron chi connectivity index (χ2n) is 4.95. The molecule has 1 aliphatic heterocycles. The zero-order valence-electron chi connectivity index (χ0n) is 11.2. The zero-order valence-corrected chi connectivity index (χ0v) is 11.2. The highest BCUT2D eigenvalue weighted by Gasteiger charge is 2.20. The van der Waals surface area contributed by atoms with E-state index in [4.69, 9.17) is 0 Å². The third kappa shape index (κ3) is 3.64. The Labute approximate surface area is 113 Å². The molecule has 2 rings (SSSR count). The van der Waals surface area contributed by atoms with Crippen molar-refractivity contribution in [1.29, 1.82) is 0 Å². The molecular weight excluding hydrogens is 244 g/mol. The highest BCUT2D eigenvalue weighted by atomic mass is 16.6. The van der Waals surface area contributed by atoms with Gasteiger partial charge in [-0.15, -0.1) is 0 Å². The van der Waals surface area contributed by atoms with Gasteiger partial charge in [0, 0.05) is 25.4 Å². The Hall–Kier alpha value is -1.69. The fraction of sp³-hybridized carbons (Fsp3) is 0.615. The molecule has 0 atom stereocenters. The number of nitrogens with zero attached hydrogens (tertiary/aromatic N) is 3. The average molecular weight is 264 g/mol. The van der Waals surface area contributed by atoms with E-state index < -0.39 is 0 Å². The van der Waals surface area contributed by atoms with Gasteiger partial charge in [-0.3, -0.25) is 10.1 Å². The van der Waals surface area contributed by atoms with Crippen molar-refractivity contribution in [2.24, 2.45) is 5.92 Å². The van der Waals surface area contributed by atoms with Crippen LogP contribution in [0.4, 0.5) is 11.5 Å². The van der Waals surface area contributed by atoms with Crippen molar-refractivity contribution < 1.29 is 4.92 Å². The lowest BCUT2D eigenvalue weighted by Crippen LogP contribution is -2.35. The Morgan fingerprint density at radius 3 is 2.89 bits per heavy atom. The summed E-state index contributed by atoms with van der Waals surface area (Å²) in [6.07, 6.45) is 4.98. The molecule has 6 heteroatoms. The number of pyridine rings is 1. The van der Waals surface area contributed by atoms with E-state index in [0.717, 1.165) is 44.2 Å². The molecule has 0 bridgehead atoms. The van der Waals surface area contributed by atoms with Crippen LogP contribution in [0.1, 0.15) is 19.3 Å². The Morgan fingerprint density at radius 2 is 2.26 bits per heavy atom. The minimum Gasteiger partial charge on any atom is -0.356 e. The largest absolute Gasteiger partial charge is 0.356 e. The third-order valence-corrected chi connectivity index (χ3v) is 3.68. The molecule has 104 valence electrons. The molecule has 0 saturated carbocycles. The van der Waals surface area contributed by atoms with E-state index in [1.807, 2.05) is 7.05 Å². The number of nitrogens with one attached hydrogen (secondary N) is 1. The molecule has 2 heterocycles. The van der Waals surface area contributed by atoms with Crippen LogP contribution in [-0.2, 0) is 0 Å². The van der Waals surface area contributed by atoms with Crippen LogP contribution < -0.4 is 10.2 Å². The average Bonchev–Trinajstić information content (AvgIpc) is 2.46. The Morgan fingerprint density at radius 1 is 1.53 bits per heavy atom. The van der Waals surface area contributed by atoms with Gasteiger partial charge < -0.3 is 10.2 Å². The summed E-state index contributed by atoms with van der Waals surface area (Å²) in [4.78, 5) is 16.8. The van der Waals surface area contributed by atoms with E-state index in [9.17, 15) is 10.1 Å². The van der Waals surface area contributed by atoms with Gasteiger partial charge in [-0.2, -0.15) is 0 Å². The van der Waals surface area contributed by atoms with Crippen LogP contribution in [0.5, 0.6) is 0 Å². The van der Waals surface area contributed by atoms with E-state index in [-0.39, 0.29) is 10.6 Å². The minimum absolute atomic E-state index is 0.113. The molecule has 0 aromatic carbocycles. The Balaban J connectivity index is 1.94. The van der Waals surface area contributed by atoms with Crippen LogP contribution in [0.25, 0.3) is 0 Å². The van der Waals surface area contributed by atoms with Crippen molar-refractivity contribution in [3.63, 3.8) is 0 Å². The lowest BCUT2D eigenvalue weighted by molar-refractivity contribution is -0.384. The highest BCUT2D eigenvalue weighted by molar-refractivity contribution is 5.46. The summed E-state index contributed by atoms with van der Waals surface area (Å²) in [5, 5.41) is 13.9. The van der Waals surface area contributed by atoms with Crippen LogP contribution in [0.15, 0.2) is 18.3 Å². The second-order valence-corrected chi connectivity index (χ2v) is 4.95. The molecule has 1 aromatic heterocycles. The maximum atomic E-state index is 10.8. The van der Waals surface area contributed by atoms with Gasteiger partial charge in [-0.25, -0.2) is 4.98 Å². The monoisotopic (exact) mass is 264 g/mol. The van der Waals surface area contributed by atoms with E-state index in [1.165, 1.54) is 18.7 Å². The predicted molar refractivity (Wildman–Crippen MR) is 74.4 cm³/mol. The van der Waals surface area contributed by atoms with Gasteiger partial charge in [0.2, 0.25) is 0 Å². The van der Waals surface area contributed by atoms with Crippen molar-refractivity contribution in [2.75, 3.05) is 31.6 Å². The lowest BCUT2D eigenvalue weighted by Gasteiger charge is -2.32. The number of nitro groups is 1. The van der Waals surface area contributed by atoms with Crippen LogP contribution in [-0.4, -0.2) is 36.6 Å². The normalized spacial score (nSPS) is 16.6. The first-order valence-electron chi connectivity index (χ1n) is 6.70. The molecule has 0 radical (unpaired) electrons. The van der Waals surface area contributed by atoms with Crippen molar-refractivity contribution in [3.8, 4) is 0 Å². The Bertz CT molecular complexity index is 430. The molecule has 1 fully saturated rings. The third-order valence-electron chi connectivity index (χ3n) is 3.68. The second kappa shape index (κ2) is 6.47. The van der Waals surface area contributed by atoms with Gasteiger partial charge in [0.05, 0.1) is 11.0 Å². The first-order valence-corrected chi connectivity index (χ1v) is 6.70. The molecule has 6 nitrogen and oxygen atoms in total. The fourth-order valence-electron chi connectivity index (χ4n) is 2.49. The SMILES string of the molecule is CNCCC1CCN(c2cc([N+](=O)[O-])ccn2)CC1. The number of piperidine rings is 1. The quantitative estimate of drug-likeness (QED) is 0.648. The number of hydrogen-bond donors (Lipinski definition) is 1. The van der Waals surface area contributed by atoms with E-state index in [1.54, 1.807) is 6.07 Å². The van der Waals surface area contributed by atoms with Crippen LogP contribution in [0, 0.1) is 16.0 Å². The summed E-state index contributed by atoms with van der Waals surface area (Å²) in [5.41, 5.74) is 0.113. The van der Waals surface area contributed by atoms with Crippen molar-refractivity contribution >= 4 is 11.5 Å². The molecule has 1 N–H and O–H groups in total. The molecule has 1 saturated heterocycles. The summed E-state index contributed by atoms with van der Waals surface area (Å²) in [5.74, 6) is 1.48. The molecule has 0 unspecified atom stereocenters. The first kappa shape index (κ1) is 13.7. The number of aromatic nitrogens is 1. The maximum absolute atomic E-state index is 10.8. The lowest BCUT2D eigenvalue weighted by atomic mass is 9.93. The predicted octanol–water partition coefficient (Wildman–Crippen LogP) is 1.82. The molecule has 19 heavy (non-hydrogen) atoms.